The normalized spacial score (nSPS) is 20.3. The van der Waals surface area contributed by atoms with E-state index in [4.69, 9.17) is 11.6 Å². The average Bonchev–Trinajstić information content (AvgIpc) is 2.78. The molecule has 4 heteroatoms. The summed E-state index contributed by atoms with van der Waals surface area (Å²) in [5.41, 5.74) is 2.44. The van der Waals surface area contributed by atoms with Crippen molar-refractivity contribution in [2.45, 2.75) is 18.3 Å². The summed E-state index contributed by atoms with van der Waals surface area (Å²) in [5.74, 6) is 0.569. The largest absolute Gasteiger partial charge is 0.369 e. The molecular weight excluding hydrogens is 300 g/mol. The average molecular weight is 318 g/mol. The number of benzene rings is 1. The molecular formula is C13H18BrClN2. The Labute approximate surface area is 117 Å². The van der Waals surface area contributed by atoms with E-state index in [0.29, 0.717) is 11.9 Å². The molecule has 94 valence electrons. The van der Waals surface area contributed by atoms with Gasteiger partial charge in [0.25, 0.3) is 0 Å². The molecule has 0 aliphatic carbocycles. The van der Waals surface area contributed by atoms with Gasteiger partial charge in [0.05, 0.1) is 5.69 Å². The Morgan fingerprint density at radius 1 is 1.47 bits per heavy atom. The van der Waals surface area contributed by atoms with Crippen LogP contribution >= 0.6 is 27.5 Å². The lowest BCUT2D eigenvalue weighted by Gasteiger charge is -2.23. The van der Waals surface area contributed by atoms with E-state index in [2.05, 4.69) is 58.0 Å². The first-order valence-electron chi connectivity index (χ1n) is 5.87. The molecule has 1 aromatic rings. The van der Waals surface area contributed by atoms with Crippen molar-refractivity contribution >= 4 is 33.2 Å². The summed E-state index contributed by atoms with van der Waals surface area (Å²) in [6, 6.07) is 7.05. The van der Waals surface area contributed by atoms with Gasteiger partial charge < -0.3 is 9.80 Å². The SMILES string of the molecule is CN(C)C1CCN(c2ccc(CCl)cc2Br)C1. The van der Waals surface area contributed by atoms with E-state index < -0.39 is 0 Å². The number of anilines is 1. The first-order valence-corrected chi connectivity index (χ1v) is 7.20. The third-order valence-corrected chi connectivity index (χ3v) is 4.34. The quantitative estimate of drug-likeness (QED) is 0.789. The molecule has 0 saturated carbocycles. The zero-order valence-corrected chi connectivity index (χ0v) is 12.6. The van der Waals surface area contributed by atoms with Gasteiger partial charge in [0.2, 0.25) is 0 Å². The number of alkyl halides is 1. The predicted octanol–water partition coefficient (Wildman–Crippen LogP) is 3.33. The lowest BCUT2D eigenvalue weighted by molar-refractivity contribution is 0.315. The topological polar surface area (TPSA) is 6.48 Å². The molecule has 0 amide bonds. The number of hydrogen-bond donors (Lipinski definition) is 0. The minimum Gasteiger partial charge on any atom is -0.369 e. The highest BCUT2D eigenvalue weighted by Crippen LogP contribution is 2.31. The molecule has 1 atom stereocenters. The van der Waals surface area contributed by atoms with Gasteiger partial charge in [-0.3, -0.25) is 0 Å². The number of nitrogens with zero attached hydrogens (tertiary/aromatic N) is 2. The Hall–Kier alpha value is -0.250. The molecule has 1 saturated heterocycles. The number of hydrogen-bond acceptors (Lipinski definition) is 2. The molecule has 0 radical (unpaired) electrons. The van der Waals surface area contributed by atoms with E-state index in [1.54, 1.807) is 0 Å². The van der Waals surface area contributed by atoms with Gasteiger partial charge >= 0.3 is 0 Å². The molecule has 1 aliphatic heterocycles. The molecule has 0 N–H and O–H groups in total. The molecule has 0 spiro atoms. The van der Waals surface area contributed by atoms with Crippen molar-refractivity contribution in [3.8, 4) is 0 Å². The zero-order chi connectivity index (χ0) is 12.4. The third kappa shape index (κ3) is 2.95. The molecule has 2 rings (SSSR count). The van der Waals surface area contributed by atoms with Crippen molar-refractivity contribution in [3.63, 3.8) is 0 Å². The van der Waals surface area contributed by atoms with Crippen molar-refractivity contribution in [1.82, 2.24) is 4.90 Å². The fourth-order valence-electron chi connectivity index (χ4n) is 2.27. The van der Waals surface area contributed by atoms with Crippen LogP contribution in [0.2, 0.25) is 0 Å². The van der Waals surface area contributed by atoms with Crippen LogP contribution in [0.5, 0.6) is 0 Å². The summed E-state index contributed by atoms with van der Waals surface area (Å²) in [6.45, 7) is 2.23. The highest BCUT2D eigenvalue weighted by molar-refractivity contribution is 9.10. The van der Waals surface area contributed by atoms with Crippen molar-refractivity contribution < 1.29 is 0 Å². The van der Waals surface area contributed by atoms with Gasteiger partial charge in [0.1, 0.15) is 0 Å². The van der Waals surface area contributed by atoms with Gasteiger partial charge in [-0.15, -0.1) is 11.6 Å². The molecule has 1 unspecified atom stereocenters. The Morgan fingerprint density at radius 3 is 2.76 bits per heavy atom. The fraction of sp³-hybridized carbons (Fsp3) is 0.538. The van der Waals surface area contributed by atoms with Gasteiger partial charge in [0, 0.05) is 29.5 Å². The molecule has 2 nitrogen and oxygen atoms in total. The van der Waals surface area contributed by atoms with Crippen molar-refractivity contribution in [3.05, 3.63) is 28.2 Å². The van der Waals surface area contributed by atoms with E-state index in [1.807, 2.05) is 0 Å². The van der Waals surface area contributed by atoms with Gasteiger partial charge in [-0.1, -0.05) is 6.07 Å². The van der Waals surface area contributed by atoms with E-state index in [1.165, 1.54) is 12.1 Å². The number of likely N-dealkylation sites (N-methyl/N-ethyl adjacent to an activating group) is 1. The highest BCUT2D eigenvalue weighted by Gasteiger charge is 2.25. The summed E-state index contributed by atoms with van der Waals surface area (Å²) >= 11 is 9.48. The highest BCUT2D eigenvalue weighted by atomic mass is 79.9. The molecule has 1 aromatic carbocycles. The Morgan fingerprint density at radius 2 is 2.24 bits per heavy atom. The monoisotopic (exact) mass is 316 g/mol. The summed E-state index contributed by atoms with van der Waals surface area (Å²) < 4.78 is 1.15. The van der Waals surface area contributed by atoms with Crippen LogP contribution in [0.3, 0.4) is 0 Å². The second-order valence-electron chi connectivity index (χ2n) is 4.77. The molecule has 17 heavy (non-hydrogen) atoms. The summed E-state index contributed by atoms with van der Waals surface area (Å²) in [7, 11) is 4.31. The Kier molecular flexibility index (Phi) is 4.34. The van der Waals surface area contributed by atoms with Gasteiger partial charge in [-0.2, -0.15) is 0 Å². The lowest BCUT2D eigenvalue weighted by Crippen LogP contribution is -2.31. The van der Waals surface area contributed by atoms with Crippen molar-refractivity contribution in [2.24, 2.45) is 0 Å². The fourth-order valence-corrected chi connectivity index (χ4v) is 3.12. The summed E-state index contributed by atoms with van der Waals surface area (Å²) in [4.78, 5) is 4.74. The Bertz CT molecular complexity index is 395. The van der Waals surface area contributed by atoms with Crippen LogP contribution < -0.4 is 4.90 Å². The second kappa shape index (κ2) is 5.59. The first-order chi connectivity index (χ1) is 8.11. The van der Waals surface area contributed by atoms with E-state index >= 15 is 0 Å². The first kappa shape index (κ1) is 13.2. The van der Waals surface area contributed by atoms with E-state index in [0.717, 1.165) is 23.1 Å². The molecule has 0 aromatic heterocycles. The van der Waals surface area contributed by atoms with Crippen LogP contribution in [0.15, 0.2) is 22.7 Å². The van der Waals surface area contributed by atoms with Gasteiger partial charge in [0.15, 0.2) is 0 Å². The summed E-state index contributed by atoms with van der Waals surface area (Å²) in [6.07, 6.45) is 1.23. The maximum atomic E-state index is 5.83. The van der Waals surface area contributed by atoms with Gasteiger partial charge in [-0.25, -0.2) is 0 Å². The standard InChI is InChI=1S/C13H18BrClN2/c1-16(2)11-5-6-17(9-11)13-4-3-10(8-15)7-12(13)14/h3-4,7,11H,5-6,8-9H2,1-2H3. The minimum atomic E-state index is 0.569. The minimum absolute atomic E-state index is 0.569. The summed E-state index contributed by atoms with van der Waals surface area (Å²) in [5, 5.41) is 0. The third-order valence-electron chi connectivity index (χ3n) is 3.40. The molecule has 1 fully saturated rings. The van der Waals surface area contributed by atoms with Crippen LogP contribution in [0.4, 0.5) is 5.69 Å². The van der Waals surface area contributed by atoms with Gasteiger partial charge in [-0.05, 0) is 54.1 Å². The zero-order valence-electron chi connectivity index (χ0n) is 10.3. The molecule has 0 bridgehead atoms. The molecule has 1 aliphatic rings. The van der Waals surface area contributed by atoms with Crippen molar-refractivity contribution in [2.75, 3.05) is 32.1 Å². The number of rotatable bonds is 3. The van der Waals surface area contributed by atoms with Crippen LogP contribution in [0.25, 0.3) is 0 Å². The molecule has 1 heterocycles. The van der Waals surface area contributed by atoms with E-state index in [-0.39, 0.29) is 0 Å². The van der Waals surface area contributed by atoms with Crippen LogP contribution in [0, 0.1) is 0 Å². The van der Waals surface area contributed by atoms with Crippen LogP contribution in [-0.2, 0) is 5.88 Å². The van der Waals surface area contributed by atoms with Crippen LogP contribution in [0.1, 0.15) is 12.0 Å². The number of halogens is 2. The van der Waals surface area contributed by atoms with Crippen molar-refractivity contribution in [1.29, 1.82) is 0 Å². The second-order valence-corrected chi connectivity index (χ2v) is 5.89. The van der Waals surface area contributed by atoms with Crippen LogP contribution in [-0.4, -0.2) is 38.1 Å². The lowest BCUT2D eigenvalue weighted by atomic mass is 10.2. The smallest absolute Gasteiger partial charge is 0.0511 e. The van der Waals surface area contributed by atoms with E-state index in [9.17, 15) is 0 Å². The maximum absolute atomic E-state index is 5.83. The Balaban J connectivity index is 2.13. The maximum Gasteiger partial charge on any atom is 0.0511 e. The predicted molar refractivity (Wildman–Crippen MR) is 78.0 cm³/mol.